The highest BCUT2D eigenvalue weighted by Crippen LogP contribution is 2.65. The van der Waals surface area contributed by atoms with Gasteiger partial charge in [-0.2, -0.15) is 5.10 Å². The highest BCUT2D eigenvalue weighted by molar-refractivity contribution is 6.35. The first kappa shape index (κ1) is 27.5. The molecule has 0 aliphatic heterocycles. The largest absolute Gasteiger partial charge is 0.351 e. The van der Waals surface area contributed by atoms with Crippen LogP contribution in [0.3, 0.4) is 0 Å². The van der Waals surface area contributed by atoms with Gasteiger partial charge in [0, 0.05) is 33.8 Å². The van der Waals surface area contributed by atoms with E-state index in [1.54, 1.807) is 22.9 Å². The van der Waals surface area contributed by atoms with Crippen molar-refractivity contribution in [3.05, 3.63) is 68.8 Å². The molecule has 2 saturated carbocycles. The number of nitrogens with one attached hydrogen (secondary N) is 2. The molecule has 1 heterocycles. The highest BCUT2D eigenvalue weighted by Gasteiger charge is 2.60. The van der Waals surface area contributed by atoms with Crippen LogP contribution in [0.25, 0.3) is 16.9 Å². The van der Waals surface area contributed by atoms with Crippen LogP contribution in [0, 0.1) is 23.7 Å². The van der Waals surface area contributed by atoms with Gasteiger partial charge in [0.25, 0.3) is 5.91 Å². The number of halogens is 3. The molecule has 1 amide bonds. The topological polar surface area (TPSA) is 59.0 Å². The Morgan fingerprint density at radius 2 is 1.76 bits per heavy atom. The molecule has 1 aromatic heterocycles. The van der Waals surface area contributed by atoms with E-state index >= 15 is 0 Å². The SMILES string of the molecule is Cc1c(C(=O)NCCCNC2CC3CCC2(C)C3(C)C)nn(-c2ccc(Cl)cc2Cl)c1-c1ccc(Cl)cc1. The second-order valence-corrected chi connectivity index (χ2v) is 12.8. The number of amides is 1. The van der Waals surface area contributed by atoms with Crippen LogP contribution in [-0.4, -0.2) is 34.8 Å². The summed E-state index contributed by atoms with van der Waals surface area (Å²) in [6.07, 6.45) is 4.76. The lowest BCUT2D eigenvalue weighted by molar-refractivity contribution is 0.0946. The highest BCUT2D eigenvalue weighted by atomic mass is 35.5. The summed E-state index contributed by atoms with van der Waals surface area (Å²) in [6.45, 7) is 10.7. The van der Waals surface area contributed by atoms with E-state index in [0.717, 1.165) is 35.7 Å². The number of carbonyl (C=O) groups excluding carboxylic acids is 1. The van der Waals surface area contributed by atoms with Gasteiger partial charge in [0.15, 0.2) is 5.69 Å². The van der Waals surface area contributed by atoms with Crippen molar-refractivity contribution in [2.24, 2.45) is 16.7 Å². The molecule has 8 heteroatoms. The van der Waals surface area contributed by atoms with Crippen LogP contribution in [0.5, 0.6) is 0 Å². The van der Waals surface area contributed by atoms with Gasteiger partial charge in [-0.1, -0.05) is 67.7 Å². The fourth-order valence-electron chi connectivity index (χ4n) is 6.65. The lowest BCUT2D eigenvalue weighted by Gasteiger charge is -2.39. The van der Waals surface area contributed by atoms with Crippen molar-refractivity contribution in [1.82, 2.24) is 20.4 Å². The van der Waals surface area contributed by atoms with E-state index in [1.807, 2.05) is 31.2 Å². The molecular formula is C30H35Cl3N4O. The van der Waals surface area contributed by atoms with Crippen LogP contribution >= 0.6 is 34.8 Å². The quantitative estimate of drug-likeness (QED) is 0.271. The van der Waals surface area contributed by atoms with Crippen molar-refractivity contribution in [1.29, 1.82) is 0 Å². The fraction of sp³-hybridized carbons (Fsp3) is 0.467. The van der Waals surface area contributed by atoms with Gasteiger partial charge in [-0.15, -0.1) is 0 Å². The van der Waals surface area contributed by atoms with Gasteiger partial charge in [0.2, 0.25) is 0 Å². The van der Waals surface area contributed by atoms with Gasteiger partial charge in [-0.3, -0.25) is 4.79 Å². The van der Waals surface area contributed by atoms with Crippen molar-refractivity contribution in [2.45, 2.75) is 59.4 Å². The molecule has 0 radical (unpaired) electrons. The van der Waals surface area contributed by atoms with Crippen molar-refractivity contribution in [3.63, 3.8) is 0 Å². The maximum absolute atomic E-state index is 13.3. The number of nitrogens with zero attached hydrogens (tertiary/aromatic N) is 2. The van der Waals surface area contributed by atoms with Gasteiger partial charge in [-0.05, 0) is 86.2 Å². The average Bonchev–Trinajstić information content (AvgIpc) is 3.39. The molecule has 2 fully saturated rings. The standard InChI is InChI=1S/C30H35Cl3N4O/c1-18-26(28(38)35-15-5-14-34-25-16-20-12-13-30(25,4)29(20,2)3)36-37(24-11-10-22(32)17-23(24)33)27(18)19-6-8-21(31)9-7-19/h6-11,17,20,25,34H,5,12-16H2,1-4H3,(H,35,38). The molecular weight excluding hydrogens is 539 g/mol. The Bertz CT molecular complexity index is 1350. The van der Waals surface area contributed by atoms with Crippen LogP contribution in [0.15, 0.2) is 42.5 Å². The van der Waals surface area contributed by atoms with Crippen molar-refractivity contribution in [3.8, 4) is 16.9 Å². The molecule has 2 aliphatic carbocycles. The van der Waals surface area contributed by atoms with Crippen molar-refractivity contribution >= 4 is 40.7 Å². The first-order chi connectivity index (χ1) is 18.0. The van der Waals surface area contributed by atoms with Gasteiger partial charge >= 0.3 is 0 Å². The second kappa shape index (κ2) is 10.5. The molecule has 2 N–H and O–H groups in total. The molecule has 0 spiro atoms. The van der Waals surface area contributed by atoms with Crippen molar-refractivity contribution < 1.29 is 4.79 Å². The van der Waals surface area contributed by atoms with E-state index in [-0.39, 0.29) is 5.91 Å². The second-order valence-electron chi connectivity index (χ2n) is 11.6. The molecule has 2 bridgehead atoms. The zero-order chi connectivity index (χ0) is 27.2. The van der Waals surface area contributed by atoms with E-state index < -0.39 is 0 Å². The Morgan fingerprint density at radius 3 is 2.39 bits per heavy atom. The minimum Gasteiger partial charge on any atom is -0.351 e. The Labute approximate surface area is 240 Å². The predicted octanol–water partition coefficient (Wildman–Crippen LogP) is 7.73. The van der Waals surface area contributed by atoms with Crippen LogP contribution in [0.1, 0.15) is 62.5 Å². The number of fused-ring (bicyclic) bond motifs is 2. The summed E-state index contributed by atoms with van der Waals surface area (Å²) in [6, 6.07) is 13.3. The molecule has 5 rings (SSSR count). The third kappa shape index (κ3) is 4.77. The van der Waals surface area contributed by atoms with Crippen LogP contribution in [-0.2, 0) is 0 Å². The molecule has 38 heavy (non-hydrogen) atoms. The third-order valence-corrected chi connectivity index (χ3v) is 10.2. The number of hydrogen-bond donors (Lipinski definition) is 2. The summed E-state index contributed by atoms with van der Waals surface area (Å²) < 4.78 is 1.71. The molecule has 2 aliphatic rings. The predicted molar refractivity (Wildman–Crippen MR) is 157 cm³/mol. The third-order valence-electron chi connectivity index (χ3n) is 9.42. The molecule has 5 nitrogen and oxygen atoms in total. The zero-order valence-electron chi connectivity index (χ0n) is 22.4. The molecule has 0 saturated heterocycles. The summed E-state index contributed by atoms with van der Waals surface area (Å²) in [5.41, 5.74) is 4.20. The number of rotatable bonds is 8. The summed E-state index contributed by atoms with van der Waals surface area (Å²) in [4.78, 5) is 13.3. The van der Waals surface area contributed by atoms with Gasteiger partial charge in [0.05, 0.1) is 16.4 Å². The fourth-order valence-corrected chi connectivity index (χ4v) is 7.26. The van der Waals surface area contributed by atoms with E-state index in [4.69, 9.17) is 39.9 Å². The maximum Gasteiger partial charge on any atom is 0.272 e. The lowest BCUT2D eigenvalue weighted by Crippen LogP contribution is -2.45. The molecule has 2 aromatic carbocycles. The first-order valence-corrected chi connectivity index (χ1v) is 14.5. The normalized spacial score (nSPS) is 23.7. The Kier molecular flexibility index (Phi) is 7.60. The number of hydrogen-bond acceptors (Lipinski definition) is 3. The maximum atomic E-state index is 13.3. The van der Waals surface area contributed by atoms with Crippen LogP contribution < -0.4 is 10.6 Å². The number of aromatic nitrogens is 2. The van der Waals surface area contributed by atoms with E-state index in [1.165, 1.54) is 19.3 Å². The van der Waals surface area contributed by atoms with Gasteiger partial charge in [-0.25, -0.2) is 4.68 Å². The lowest BCUT2D eigenvalue weighted by atomic mass is 9.69. The first-order valence-electron chi connectivity index (χ1n) is 13.4. The minimum absolute atomic E-state index is 0.199. The van der Waals surface area contributed by atoms with Crippen LogP contribution in [0.4, 0.5) is 0 Å². The zero-order valence-corrected chi connectivity index (χ0v) is 24.6. The Hall–Kier alpha value is -2.05. The monoisotopic (exact) mass is 572 g/mol. The Morgan fingerprint density at radius 1 is 1.05 bits per heavy atom. The summed E-state index contributed by atoms with van der Waals surface area (Å²) >= 11 is 18.8. The molecule has 3 aromatic rings. The summed E-state index contributed by atoms with van der Waals surface area (Å²) in [7, 11) is 0. The average molecular weight is 574 g/mol. The number of benzene rings is 2. The molecule has 3 unspecified atom stereocenters. The van der Waals surface area contributed by atoms with E-state index in [0.29, 0.717) is 49.9 Å². The van der Waals surface area contributed by atoms with Crippen molar-refractivity contribution in [2.75, 3.05) is 13.1 Å². The van der Waals surface area contributed by atoms with Gasteiger partial charge < -0.3 is 10.6 Å². The van der Waals surface area contributed by atoms with Crippen LogP contribution in [0.2, 0.25) is 15.1 Å². The Balaban J connectivity index is 1.29. The smallest absolute Gasteiger partial charge is 0.272 e. The minimum atomic E-state index is -0.199. The van der Waals surface area contributed by atoms with Gasteiger partial charge in [0.1, 0.15) is 0 Å². The number of carbonyl (C=O) groups is 1. The van der Waals surface area contributed by atoms with E-state index in [9.17, 15) is 4.79 Å². The molecule has 3 atom stereocenters. The summed E-state index contributed by atoms with van der Waals surface area (Å²) in [5, 5.41) is 13.2. The summed E-state index contributed by atoms with van der Waals surface area (Å²) in [5.74, 6) is 0.612. The molecule has 202 valence electrons. The van der Waals surface area contributed by atoms with E-state index in [2.05, 4.69) is 31.4 Å².